The molecule has 0 fully saturated rings. The Bertz CT molecular complexity index is 1150. The van der Waals surface area contributed by atoms with Crippen molar-refractivity contribution >= 4 is 47.1 Å². The van der Waals surface area contributed by atoms with Gasteiger partial charge in [-0.25, -0.2) is 0 Å². The molecule has 3 aromatic carbocycles. The van der Waals surface area contributed by atoms with E-state index in [2.05, 4.69) is 5.10 Å². The lowest BCUT2D eigenvalue weighted by atomic mass is 10.2. The number of anilines is 2. The molecule has 0 radical (unpaired) electrons. The highest BCUT2D eigenvalue weighted by molar-refractivity contribution is 5.86. The van der Waals surface area contributed by atoms with Gasteiger partial charge in [-0.2, -0.15) is 0 Å². The fourth-order valence-electron chi connectivity index (χ4n) is 3.21. The van der Waals surface area contributed by atoms with Gasteiger partial charge in [-0.15, -0.1) is 29.9 Å². The van der Waals surface area contributed by atoms with Gasteiger partial charge in [0.05, 0.1) is 24.6 Å². The van der Waals surface area contributed by atoms with E-state index < -0.39 is 0 Å². The van der Waals surface area contributed by atoms with Gasteiger partial charge in [-0.3, -0.25) is 4.68 Å². The number of fused-ring (bicyclic) bond motifs is 1. The van der Waals surface area contributed by atoms with Crippen molar-refractivity contribution in [1.82, 2.24) is 9.78 Å². The number of nitrogens with zero attached hydrogens (tertiary/aromatic N) is 2. The summed E-state index contributed by atoms with van der Waals surface area (Å²) in [5.74, 6) is 2.02. The number of nitrogens with two attached hydrogens (primary N) is 2. The van der Waals surface area contributed by atoms with Gasteiger partial charge in [-0.1, -0.05) is 12.1 Å². The smallest absolute Gasteiger partial charge is 0.241 e. The van der Waals surface area contributed by atoms with Crippen molar-refractivity contribution in [2.45, 2.75) is 6.54 Å². The molecule has 0 saturated heterocycles. The summed E-state index contributed by atoms with van der Waals surface area (Å²) < 4.78 is 18.9. The average Bonchev–Trinajstić information content (AvgIpc) is 3.09. The number of rotatable bonds is 8. The number of halogens is 2. The molecule has 4 rings (SSSR count). The minimum Gasteiger partial charge on any atom is -0.497 e. The first-order valence-corrected chi connectivity index (χ1v) is 9.62. The Kier molecular flexibility index (Phi) is 8.87. The maximum atomic E-state index is 5.94. The van der Waals surface area contributed by atoms with E-state index in [0.29, 0.717) is 31.3 Å². The van der Waals surface area contributed by atoms with E-state index in [0.717, 1.165) is 33.7 Å². The van der Waals surface area contributed by atoms with Crippen LogP contribution in [0.4, 0.5) is 11.4 Å². The largest absolute Gasteiger partial charge is 0.497 e. The van der Waals surface area contributed by atoms with Crippen LogP contribution in [0.1, 0.15) is 5.56 Å². The summed E-state index contributed by atoms with van der Waals surface area (Å²) in [7, 11) is 1.64. The van der Waals surface area contributed by atoms with Crippen molar-refractivity contribution in [2.75, 3.05) is 31.8 Å². The van der Waals surface area contributed by atoms with Crippen molar-refractivity contribution < 1.29 is 14.2 Å². The number of hydrogen-bond acceptors (Lipinski definition) is 6. The number of ether oxygens (including phenoxy) is 3. The maximum Gasteiger partial charge on any atom is 0.241 e. The van der Waals surface area contributed by atoms with Crippen molar-refractivity contribution in [3.8, 4) is 17.4 Å². The molecule has 0 atom stereocenters. The number of benzene rings is 3. The van der Waals surface area contributed by atoms with Crippen LogP contribution in [0.3, 0.4) is 0 Å². The zero-order valence-corrected chi connectivity index (χ0v) is 19.2. The predicted octanol–water partition coefficient (Wildman–Crippen LogP) is 4.56. The molecule has 4 N–H and O–H groups in total. The van der Waals surface area contributed by atoms with E-state index in [1.165, 1.54) is 0 Å². The van der Waals surface area contributed by atoms with E-state index in [4.69, 9.17) is 25.7 Å². The summed E-state index contributed by atoms with van der Waals surface area (Å²) in [5, 5.41) is 5.55. The topological polar surface area (TPSA) is 97.5 Å². The maximum absolute atomic E-state index is 5.94. The Labute approximate surface area is 199 Å². The molecule has 1 heterocycles. The number of hydrogen-bond donors (Lipinski definition) is 2. The second kappa shape index (κ2) is 11.4. The molecular formula is C23H26Cl2N4O3. The van der Waals surface area contributed by atoms with Crippen LogP contribution >= 0.6 is 24.8 Å². The van der Waals surface area contributed by atoms with Crippen LogP contribution in [0, 0.1) is 0 Å². The summed E-state index contributed by atoms with van der Waals surface area (Å²) in [6.07, 6.45) is 0. The van der Waals surface area contributed by atoms with E-state index in [1.807, 2.05) is 59.3 Å². The Morgan fingerprint density at radius 1 is 0.812 bits per heavy atom. The third-order valence-electron chi connectivity index (χ3n) is 4.68. The monoisotopic (exact) mass is 476 g/mol. The molecule has 0 aliphatic carbocycles. The van der Waals surface area contributed by atoms with Gasteiger partial charge >= 0.3 is 0 Å². The lowest BCUT2D eigenvalue weighted by Gasteiger charge is -2.07. The molecule has 0 aliphatic heterocycles. The summed E-state index contributed by atoms with van der Waals surface area (Å²) in [6, 6.07) is 20.8. The first-order chi connectivity index (χ1) is 14.6. The van der Waals surface area contributed by atoms with Gasteiger partial charge in [0, 0.05) is 11.4 Å². The molecule has 0 spiro atoms. The van der Waals surface area contributed by atoms with Crippen molar-refractivity contribution in [3.05, 3.63) is 72.3 Å². The predicted molar refractivity (Wildman–Crippen MR) is 133 cm³/mol. The number of nitrogen functional groups attached to an aromatic ring is 2. The van der Waals surface area contributed by atoms with Crippen LogP contribution in [0.2, 0.25) is 0 Å². The number of methoxy groups -OCH3 is 1. The van der Waals surface area contributed by atoms with Gasteiger partial charge in [0.25, 0.3) is 0 Å². The highest BCUT2D eigenvalue weighted by Crippen LogP contribution is 2.29. The Morgan fingerprint density at radius 3 is 2.25 bits per heavy atom. The molecular weight excluding hydrogens is 451 g/mol. The van der Waals surface area contributed by atoms with Gasteiger partial charge in [0.2, 0.25) is 5.88 Å². The van der Waals surface area contributed by atoms with Crippen molar-refractivity contribution in [2.24, 2.45) is 0 Å². The lowest BCUT2D eigenvalue weighted by molar-refractivity contribution is 0.212. The van der Waals surface area contributed by atoms with Crippen molar-refractivity contribution in [3.63, 3.8) is 0 Å². The molecule has 4 aromatic rings. The zero-order valence-electron chi connectivity index (χ0n) is 17.6. The van der Waals surface area contributed by atoms with E-state index in [9.17, 15) is 0 Å². The molecule has 0 aliphatic rings. The zero-order chi connectivity index (χ0) is 20.9. The van der Waals surface area contributed by atoms with Gasteiger partial charge in [-0.05, 0) is 60.2 Å². The molecule has 170 valence electrons. The van der Waals surface area contributed by atoms with Gasteiger partial charge in [0.1, 0.15) is 24.7 Å². The third-order valence-corrected chi connectivity index (χ3v) is 4.68. The Balaban J connectivity index is 0.00000181. The lowest BCUT2D eigenvalue weighted by Crippen LogP contribution is -2.10. The minimum atomic E-state index is 0. The van der Waals surface area contributed by atoms with E-state index in [1.54, 1.807) is 19.2 Å². The summed E-state index contributed by atoms with van der Waals surface area (Å²) in [6.45, 7) is 1.32. The molecule has 0 saturated carbocycles. The molecule has 0 unspecified atom stereocenters. The fourth-order valence-corrected chi connectivity index (χ4v) is 3.21. The highest BCUT2D eigenvalue weighted by atomic mass is 35.5. The summed E-state index contributed by atoms with van der Waals surface area (Å²) in [4.78, 5) is 0. The molecule has 9 heteroatoms. The quantitative estimate of drug-likeness (QED) is 0.285. The van der Waals surface area contributed by atoms with Crippen LogP contribution in [0.15, 0.2) is 66.7 Å². The van der Waals surface area contributed by atoms with Crippen LogP contribution in [-0.2, 0) is 6.54 Å². The second-order valence-corrected chi connectivity index (χ2v) is 6.86. The van der Waals surface area contributed by atoms with Crippen molar-refractivity contribution in [1.29, 1.82) is 0 Å². The normalized spacial score (nSPS) is 10.2. The van der Waals surface area contributed by atoms with Crippen LogP contribution in [0.5, 0.6) is 17.4 Å². The third kappa shape index (κ3) is 5.90. The van der Waals surface area contributed by atoms with Crippen LogP contribution in [0.25, 0.3) is 10.9 Å². The Morgan fingerprint density at radius 2 is 1.53 bits per heavy atom. The van der Waals surface area contributed by atoms with Gasteiger partial charge < -0.3 is 25.7 Å². The first kappa shape index (κ1) is 25.0. The van der Waals surface area contributed by atoms with Gasteiger partial charge in [0.15, 0.2) is 0 Å². The molecule has 0 bridgehead atoms. The molecule has 1 aromatic heterocycles. The molecule has 0 amide bonds. The molecule has 32 heavy (non-hydrogen) atoms. The molecule has 7 nitrogen and oxygen atoms in total. The SMILES string of the molecule is COc1ccc2c(c1)c(OCCOc1ccc(N)cc1)nn2Cc1cccc(N)c1.Cl.Cl. The summed E-state index contributed by atoms with van der Waals surface area (Å²) in [5.41, 5.74) is 15.0. The summed E-state index contributed by atoms with van der Waals surface area (Å²) >= 11 is 0. The van der Waals surface area contributed by atoms with E-state index >= 15 is 0 Å². The van der Waals surface area contributed by atoms with E-state index in [-0.39, 0.29) is 24.8 Å². The van der Waals surface area contributed by atoms with Crippen LogP contribution < -0.4 is 25.7 Å². The number of aromatic nitrogens is 2. The minimum absolute atomic E-state index is 0. The average molecular weight is 477 g/mol. The Hall–Kier alpha value is -3.29. The first-order valence-electron chi connectivity index (χ1n) is 9.62. The van der Waals surface area contributed by atoms with Crippen LogP contribution in [-0.4, -0.2) is 30.1 Å². The highest BCUT2D eigenvalue weighted by Gasteiger charge is 2.13. The second-order valence-electron chi connectivity index (χ2n) is 6.86. The standard InChI is InChI=1S/C23H24N4O3.2ClH/c1-28-20-9-10-22-21(14-20)23(26-27(22)15-16-3-2-4-18(25)13-16)30-12-11-29-19-7-5-17(24)6-8-19;;/h2-10,13-14H,11-12,15,24-25H2,1H3;2*1H. The fraction of sp³-hybridized carbons (Fsp3) is 0.174.